The largest absolute Gasteiger partial charge is 0.324 e. The third-order valence-corrected chi connectivity index (χ3v) is 8.83. The van der Waals surface area contributed by atoms with Gasteiger partial charge in [-0.25, -0.2) is 8.42 Å². The van der Waals surface area contributed by atoms with Gasteiger partial charge in [0.2, 0.25) is 15.9 Å². The normalized spacial score (nSPS) is 11.4. The molecule has 0 saturated carbocycles. The molecule has 11 heteroatoms. The van der Waals surface area contributed by atoms with Gasteiger partial charge in [-0.1, -0.05) is 87.1 Å². The van der Waals surface area contributed by atoms with Crippen LogP contribution in [0.4, 0.5) is 5.69 Å². The maximum Gasteiger partial charge on any atom is 0.243 e. The molecular formula is C28H20BrCl3N2O4S. The fourth-order valence-corrected chi connectivity index (χ4v) is 6.01. The molecule has 1 amide bonds. The fraction of sp³-hybridized carbons (Fsp3) is 0.0714. The van der Waals surface area contributed by atoms with Crippen molar-refractivity contribution in [1.82, 2.24) is 4.31 Å². The quantitative estimate of drug-likeness (QED) is 0.188. The van der Waals surface area contributed by atoms with E-state index in [0.717, 1.165) is 4.31 Å². The van der Waals surface area contributed by atoms with Crippen molar-refractivity contribution < 1.29 is 18.0 Å². The van der Waals surface area contributed by atoms with Gasteiger partial charge >= 0.3 is 0 Å². The van der Waals surface area contributed by atoms with E-state index in [9.17, 15) is 18.0 Å². The van der Waals surface area contributed by atoms with Crippen LogP contribution in [0.25, 0.3) is 0 Å². The Kier molecular flexibility index (Phi) is 9.48. The van der Waals surface area contributed by atoms with Crippen LogP contribution in [-0.4, -0.2) is 31.0 Å². The molecule has 4 aromatic carbocycles. The van der Waals surface area contributed by atoms with E-state index >= 15 is 0 Å². The van der Waals surface area contributed by atoms with Crippen LogP contribution in [0.5, 0.6) is 0 Å². The minimum absolute atomic E-state index is 0.00461. The van der Waals surface area contributed by atoms with Gasteiger partial charge in [-0.05, 0) is 60.2 Å². The Morgan fingerprint density at radius 3 is 2.13 bits per heavy atom. The van der Waals surface area contributed by atoms with E-state index in [1.165, 1.54) is 36.4 Å². The number of nitrogens with zero attached hydrogens (tertiary/aromatic N) is 1. The van der Waals surface area contributed by atoms with E-state index in [1.807, 2.05) is 0 Å². The lowest BCUT2D eigenvalue weighted by atomic mass is 10.0. The average Bonchev–Trinajstić information content (AvgIpc) is 2.91. The van der Waals surface area contributed by atoms with Gasteiger partial charge in [-0.2, -0.15) is 4.31 Å². The standard InChI is InChI=1S/C28H20BrCl3N2O4S/c29-20-7-11-23(12-8-20)39(37,38)34(16-19-6-9-22(31)15-25(19)32)17-27(35)33-26-13-10-21(30)14-24(26)28(36)18-4-2-1-3-5-18/h1-15H,16-17H2,(H,33,35). The van der Waals surface area contributed by atoms with E-state index in [-0.39, 0.29) is 33.5 Å². The highest BCUT2D eigenvalue weighted by atomic mass is 79.9. The average molecular weight is 667 g/mol. The second-order valence-electron chi connectivity index (χ2n) is 8.40. The third-order valence-electron chi connectivity index (χ3n) is 5.67. The number of hydrogen-bond donors (Lipinski definition) is 1. The first-order valence-electron chi connectivity index (χ1n) is 11.4. The van der Waals surface area contributed by atoms with Crippen molar-refractivity contribution >= 4 is 78.1 Å². The van der Waals surface area contributed by atoms with Gasteiger partial charge in [0.25, 0.3) is 0 Å². The third kappa shape index (κ3) is 7.28. The number of nitrogens with one attached hydrogen (secondary N) is 1. The van der Waals surface area contributed by atoms with Gasteiger partial charge in [0.1, 0.15) is 0 Å². The molecule has 39 heavy (non-hydrogen) atoms. The number of halogens is 4. The summed E-state index contributed by atoms with van der Waals surface area (Å²) in [6.45, 7) is -0.753. The number of sulfonamides is 1. The number of amides is 1. The van der Waals surface area contributed by atoms with Crippen molar-refractivity contribution in [2.24, 2.45) is 0 Å². The molecule has 0 aromatic heterocycles. The maximum atomic E-state index is 13.6. The second-order valence-corrected chi connectivity index (χ2v) is 12.5. The molecule has 1 N–H and O–H groups in total. The van der Waals surface area contributed by atoms with E-state index < -0.39 is 22.5 Å². The SMILES string of the molecule is O=C(CN(Cc1ccc(Cl)cc1Cl)S(=O)(=O)c1ccc(Br)cc1)Nc1ccc(Cl)cc1C(=O)c1ccccc1. The molecular weight excluding hydrogens is 647 g/mol. The van der Waals surface area contributed by atoms with Gasteiger partial charge < -0.3 is 5.32 Å². The number of ketones is 1. The Morgan fingerprint density at radius 1 is 0.821 bits per heavy atom. The van der Waals surface area contributed by atoms with Crippen LogP contribution in [0.1, 0.15) is 21.5 Å². The first-order valence-corrected chi connectivity index (χ1v) is 14.8. The molecule has 0 radical (unpaired) electrons. The number of rotatable bonds is 9. The molecule has 0 fully saturated rings. The Balaban J connectivity index is 1.65. The summed E-state index contributed by atoms with van der Waals surface area (Å²) in [4.78, 5) is 26.4. The van der Waals surface area contributed by atoms with E-state index in [2.05, 4.69) is 21.2 Å². The molecule has 0 heterocycles. The van der Waals surface area contributed by atoms with Crippen LogP contribution in [-0.2, 0) is 21.4 Å². The van der Waals surface area contributed by atoms with Crippen LogP contribution in [0.2, 0.25) is 15.1 Å². The monoisotopic (exact) mass is 664 g/mol. The molecule has 4 aromatic rings. The summed E-state index contributed by atoms with van der Waals surface area (Å²) in [5.74, 6) is -1.01. The zero-order valence-electron chi connectivity index (χ0n) is 20.1. The maximum absolute atomic E-state index is 13.6. The molecule has 0 aliphatic heterocycles. The number of carbonyl (C=O) groups excluding carboxylic acids is 2. The molecule has 0 atom stereocenters. The van der Waals surface area contributed by atoms with Crippen molar-refractivity contribution in [3.05, 3.63) is 127 Å². The smallest absolute Gasteiger partial charge is 0.243 e. The number of hydrogen-bond acceptors (Lipinski definition) is 4. The van der Waals surface area contributed by atoms with Crippen molar-refractivity contribution in [2.45, 2.75) is 11.4 Å². The molecule has 0 spiro atoms. The topological polar surface area (TPSA) is 83.6 Å². The fourth-order valence-electron chi connectivity index (χ4n) is 3.73. The summed E-state index contributed by atoms with van der Waals surface area (Å²) in [6, 6.07) is 23.8. The predicted octanol–water partition coefficient (Wildman–Crippen LogP) is 7.47. The van der Waals surface area contributed by atoms with Crippen LogP contribution in [0, 0.1) is 0 Å². The molecule has 4 rings (SSSR count). The number of benzene rings is 4. The lowest BCUT2D eigenvalue weighted by Crippen LogP contribution is -2.37. The van der Waals surface area contributed by atoms with Crippen LogP contribution in [0.15, 0.2) is 100 Å². The van der Waals surface area contributed by atoms with Gasteiger partial charge in [-0.15, -0.1) is 0 Å². The van der Waals surface area contributed by atoms with Crippen LogP contribution >= 0.6 is 50.7 Å². The molecule has 0 saturated heterocycles. The van der Waals surface area contributed by atoms with E-state index in [1.54, 1.807) is 54.6 Å². The Labute approximate surface area is 249 Å². The molecule has 200 valence electrons. The lowest BCUT2D eigenvalue weighted by molar-refractivity contribution is -0.116. The summed E-state index contributed by atoms with van der Waals surface area (Å²) < 4.78 is 28.9. The Bertz CT molecular complexity index is 1630. The first-order chi connectivity index (χ1) is 18.5. The van der Waals surface area contributed by atoms with E-state index in [4.69, 9.17) is 34.8 Å². The summed E-state index contributed by atoms with van der Waals surface area (Å²) in [6.07, 6.45) is 0. The van der Waals surface area contributed by atoms with Crippen LogP contribution in [0.3, 0.4) is 0 Å². The van der Waals surface area contributed by atoms with Crippen molar-refractivity contribution in [1.29, 1.82) is 0 Å². The van der Waals surface area contributed by atoms with Crippen molar-refractivity contribution in [2.75, 3.05) is 11.9 Å². The molecule has 6 nitrogen and oxygen atoms in total. The van der Waals surface area contributed by atoms with Gasteiger partial charge in [-0.3, -0.25) is 9.59 Å². The zero-order valence-corrected chi connectivity index (χ0v) is 24.7. The second kappa shape index (κ2) is 12.6. The lowest BCUT2D eigenvalue weighted by Gasteiger charge is -2.23. The minimum Gasteiger partial charge on any atom is -0.324 e. The molecule has 0 bridgehead atoms. The molecule has 0 aliphatic rings. The molecule has 0 unspecified atom stereocenters. The highest BCUT2D eigenvalue weighted by Crippen LogP contribution is 2.27. The van der Waals surface area contributed by atoms with Crippen molar-refractivity contribution in [3.63, 3.8) is 0 Å². The highest BCUT2D eigenvalue weighted by Gasteiger charge is 2.28. The number of carbonyl (C=O) groups is 2. The Hall–Kier alpha value is -2.72. The first kappa shape index (κ1) is 29.3. The zero-order chi connectivity index (χ0) is 28.2. The summed E-state index contributed by atoms with van der Waals surface area (Å²) in [5, 5.41) is 3.63. The van der Waals surface area contributed by atoms with E-state index in [0.29, 0.717) is 25.6 Å². The van der Waals surface area contributed by atoms with Crippen molar-refractivity contribution in [3.8, 4) is 0 Å². The Morgan fingerprint density at radius 2 is 1.46 bits per heavy atom. The number of anilines is 1. The minimum atomic E-state index is -4.13. The predicted molar refractivity (Wildman–Crippen MR) is 158 cm³/mol. The highest BCUT2D eigenvalue weighted by molar-refractivity contribution is 9.10. The molecule has 0 aliphatic carbocycles. The summed E-state index contributed by atoms with van der Waals surface area (Å²) in [7, 11) is -4.13. The summed E-state index contributed by atoms with van der Waals surface area (Å²) >= 11 is 21.8. The van der Waals surface area contributed by atoms with Gasteiger partial charge in [0.05, 0.1) is 17.1 Å². The van der Waals surface area contributed by atoms with Gasteiger partial charge in [0, 0.05) is 37.2 Å². The van der Waals surface area contributed by atoms with Gasteiger partial charge in [0.15, 0.2) is 5.78 Å². The summed E-state index contributed by atoms with van der Waals surface area (Å²) in [5.41, 5.74) is 1.24. The van der Waals surface area contributed by atoms with Crippen LogP contribution < -0.4 is 5.32 Å².